The van der Waals surface area contributed by atoms with Crippen molar-refractivity contribution < 1.29 is 4.39 Å². The van der Waals surface area contributed by atoms with Crippen molar-refractivity contribution in [3.05, 3.63) is 47.3 Å². The summed E-state index contributed by atoms with van der Waals surface area (Å²) in [6.07, 6.45) is 3.76. The zero-order chi connectivity index (χ0) is 13.2. The van der Waals surface area contributed by atoms with Gasteiger partial charge in [-0.1, -0.05) is 17.7 Å². The fraction of sp³-hybridized carbons (Fsp3) is 0.357. The molecule has 1 aromatic heterocycles. The highest BCUT2D eigenvalue weighted by atomic mass is 35.5. The monoisotopic (exact) mass is 279 g/mol. The highest BCUT2D eigenvalue weighted by Crippen LogP contribution is 2.31. The highest BCUT2D eigenvalue weighted by molar-refractivity contribution is 6.30. The van der Waals surface area contributed by atoms with Crippen molar-refractivity contribution in [3.63, 3.8) is 0 Å². The van der Waals surface area contributed by atoms with Crippen LogP contribution in [0.4, 0.5) is 4.39 Å². The second-order valence-electron chi connectivity index (χ2n) is 4.79. The Bertz CT molecular complexity index is 576. The number of benzene rings is 1. The molecule has 3 nitrogen and oxygen atoms in total. The van der Waals surface area contributed by atoms with E-state index in [1.807, 2.05) is 6.07 Å². The normalized spacial score (nSPS) is 16.7. The molecular formula is C14H15ClFN3. The van der Waals surface area contributed by atoms with Crippen LogP contribution in [-0.4, -0.2) is 22.6 Å². The summed E-state index contributed by atoms with van der Waals surface area (Å²) in [7, 11) is 0. The standard InChI is InChI=1S/C14H15ClFN3/c15-14-13(10-4-6-17-7-5-10)18-9-19(14)12-3-1-2-11(16)8-12/h1-3,8-10,17H,4-7H2. The van der Waals surface area contributed by atoms with Crippen molar-refractivity contribution in [1.29, 1.82) is 0 Å². The lowest BCUT2D eigenvalue weighted by Crippen LogP contribution is -2.26. The van der Waals surface area contributed by atoms with Crippen LogP contribution >= 0.6 is 11.6 Å². The minimum Gasteiger partial charge on any atom is -0.317 e. The lowest BCUT2D eigenvalue weighted by Gasteiger charge is -2.21. The Morgan fingerprint density at radius 1 is 1.32 bits per heavy atom. The molecule has 0 saturated carbocycles. The first-order valence-electron chi connectivity index (χ1n) is 6.45. The van der Waals surface area contributed by atoms with E-state index in [4.69, 9.17) is 11.6 Å². The number of aromatic nitrogens is 2. The Morgan fingerprint density at radius 2 is 2.11 bits per heavy atom. The lowest BCUT2D eigenvalue weighted by molar-refractivity contribution is 0.454. The van der Waals surface area contributed by atoms with Gasteiger partial charge >= 0.3 is 0 Å². The van der Waals surface area contributed by atoms with E-state index in [9.17, 15) is 4.39 Å². The van der Waals surface area contributed by atoms with Gasteiger partial charge in [0.15, 0.2) is 0 Å². The Labute approximate surface area is 116 Å². The topological polar surface area (TPSA) is 29.9 Å². The first-order valence-corrected chi connectivity index (χ1v) is 6.83. The summed E-state index contributed by atoms with van der Waals surface area (Å²) < 4.78 is 15.0. The minimum atomic E-state index is -0.273. The SMILES string of the molecule is Fc1cccc(-n2cnc(C3CCNCC3)c2Cl)c1. The molecule has 1 N–H and O–H groups in total. The van der Waals surface area contributed by atoms with Gasteiger partial charge in [-0.3, -0.25) is 4.57 Å². The maximum Gasteiger partial charge on any atom is 0.136 e. The molecule has 1 fully saturated rings. The van der Waals surface area contributed by atoms with Gasteiger partial charge in [0.25, 0.3) is 0 Å². The molecule has 1 aromatic carbocycles. The quantitative estimate of drug-likeness (QED) is 0.915. The molecule has 1 saturated heterocycles. The summed E-state index contributed by atoms with van der Waals surface area (Å²) in [5.41, 5.74) is 1.63. The molecule has 2 aromatic rings. The Balaban J connectivity index is 1.94. The minimum absolute atomic E-state index is 0.273. The van der Waals surface area contributed by atoms with E-state index in [0.717, 1.165) is 31.6 Å². The lowest BCUT2D eigenvalue weighted by atomic mass is 9.95. The third kappa shape index (κ3) is 2.51. The van der Waals surface area contributed by atoms with E-state index in [1.54, 1.807) is 17.0 Å². The molecule has 5 heteroatoms. The van der Waals surface area contributed by atoms with Gasteiger partial charge in [0.1, 0.15) is 17.3 Å². The number of halogens is 2. The van der Waals surface area contributed by atoms with Gasteiger partial charge < -0.3 is 5.32 Å². The predicted molar refractivity (Wildman–Crippen MR) is 73.4 cm³/mol. The van der Waals surface area contributed by atoms with Crippen molar-refractivity contribution in [1.82, 2.24) is 14.9 Å². The number of nitrogens with zero attached hydrogens (tertiary/aromatic N) is 2. The molecule has 0 spiro atoms. The zero-order valence-corrected chi connectivity index (χ0v) is 11.2. The van der Waals surface area contributed by atoms with E-state index in [0.29, 0.717) is 16.8 Å². The molecule has 100 valence electrons. The van der Waals surface area contributed by atoms with Crippen LogP contribution in [0.25, 0.3) is 5.69 Å². The predicted octanol–water partition coefficient (Wildman–Crippen LogP) is 3.13. The van der Waals surface area contributed by atoms with Crippen LogP contribution in [0.2, 0.25) is 5.15 Å². The first kappa shape index (κ1) is 12.6. The second-order valence-corrected chi connectivity index (χ2v) is 5.15. The Morgan fingerprint density at radius 3 is 2.84 bits per heavy atom. The van der Waals surface area contributed by atoms with Crippen LogP contribution in [0.15, 0.2) is 30.6 Å². The molecule has 0 unspecified atom stereocenters. The third-order valence-corrected chi connectivity index (χ3v) is 3.92. The summed E-state index contributed by atoms with van der Waals surface area (Å²) in [6.45, 7) is 1.99. The van der Waals surface area contributed by atoms with E-state index < -0.39 is 0 Å². The van der Waals surface area contributed by atoms with Crippen LogP contribution in [0, 0.1) is 5.82 Å². The summed E-state index contributed by atoms with van der Waals surface area (Å²) in [4.78, 5) is 4.43. The highest BCUT2D eigenvalue weighted by Gasteiger charge is 2.22. The van der Waals surface area contributed by atoms with Gasteiger partial charge in [-0.15, -0.1) is 0 Å². The number of hydrogen-bond acceptors (Lipinski definition) is 2. The molecule has 0 bridgehead atoms. The molecular weight excluding hydrogens is 265 g/mol. The molecule has 2 heterocycles. The fourth-order valence-electron chi connectivity index (χ4n) is 2.52. The van der Waals surface area contributed by atoms with Gasteiger partial charge in [-0.2, -0.15) is 0 Å². The summed E-state index contributed by atoms with van der Waals surface area (Å²) >= 11 is 6.40. The van der Waals surface area contributed by atoms with E-state index >= 15 is 0 Å². The summed E-state index contributed by atoms with van der Waals surface area (Å²) in [6, 6.07) is 6.37. The van der Waals surface area contributed by atoms with Crippen LogP contribution in [0.5, 0.6) is 0 Å². The number of hydrogen-bond donors (Lipinski definition) is 1. The van der Waals surface area contributed by atoms with Crippen molar-refractivity contribution in [2.45, 2.75) is 18.8 Å². The van der Waals surface area contributed by atoms with Gasteiger partial charge in [0.2, 0.25) is 0 Å². The van der Waals surface area contributed by atoms with Crippen LogP contribution in [-0.2, 0) is 0 Å². The van der Waals surface area contributed by atoms with Crippen molar-refractivity contribution >= 4 is 11.6 Å². The van der Waals surface area contributed by atoms with Gasteiger partial charge in [-0.05, 0) is 44.1 Å². The Kier molecular flexibility index (Phi) is 3.53. The molecule has 19 heavy (non-hydrogen) atoms. The number of rotatable bonds is 2. The van der Waals surface area contributed by atoms with E-state index in [-0.39, 0.29) is 5.82 Å². The third-order valence-electron chi connectivity index (χ3n) is 3.55. The first-order chi connectivity index (χ1) is 9.25. The van der Waals surface area contributed by atoms with Crippen molar-refractivity contribution in [3.8, 4) is 5.69 Å². The molecule has 1 aliphatic heterocycles. The van der Waals surface area contributed by atoms with Crippen molar-refractivity contribution in [2.75, 3.05) is 13.1 Å². The molecule has 0 aliphatic carbocycles. The number of imidazole rings is 1. The summed E-state index contributed by atoms with van der Waals surface area (Å²) in [5.74, 6) is 0.120. The average molecular weight is 280 g/mol. The van der Waals surface area contributed by atoms with Crippen molar-refractivity contribution in [2.24, 2.45) is 0 Å². The summed E-state index contributed by atoms with van der Waals surface area (Å²) in [5, 5.41) is 3.92. The Hall–Kier alpha value is -1.39. The fourth-order valence-corrected chi connectivity index (χ4v) is 2.87. The maximum absolute atomic E-state index is 13.3. The van der Waals surface area contributed by atoms with Gasteiger partial charge in [-0.25, -0.2) is 9.37 Å². The van der Waals surface area contributed by atoms with Crippen LogP contribution in [0.1, 0.15) is 24.5 Å². The van der Waals surface area contributed by atoms with Gasteiger partial charge in [0, 0.05) is 5.92 Å². The van der Waals surface area contributed by atoms with E-state index in [1.165, 1.54) is 12.1 Å². The average Bonchev–Trinajstić information content (AvgIpc) is 2.81. The zero-order valence-electron chi connectivity index (χ0n) is 10.4. The van der Waals surface area contributed by atoms with E-state index in [2.05, 4.69) is 10.3 Å². The molecule has 1 aliphatic rings. The molecule has 0 radical (unpaired) electrons. The second kappa shape index (κ2) is 5.31. The number of nitrogens with one attached hydrogen (secondary N) is 1. The molecule has 0 atom stereocenters. The molecule has 3 rings (SSSR count). The van der Waals surface area contributed by atoms with Gasteiger partial charge in [0.05, 0.1) is 11.4 Å². The van der Waals surface area contributed by atoms with Crippen LogP contribution < -0.4 is 5.32 Å². The smallest absolute Gasteiger partial charge is 0.136 e. The maximum atomic E-state index is 13.3. The molecule has 0 amide bonds. The van der Waals surface area contributed by atoms with Crippen LogP contribution in [0.3, 0.4) is 0 Å². The number of piperidine rings is 1. The largest absolute Gasteiger partial charge is 0.317 e.